The van der Waals surface area contributed by atoms with Crippen molar-refractivity contribution in [3.63, 3.8) is 0 Å². The van der Waals surface area contributed by atoms with Gasteiger partial charge in [-0.1, -0.05) is 13.8 Å². The molecule has 0 saturated carbocycles. The normalized spacial score (nSPS) is 13.7. The zero-order chi connectivity index (χ0) is 10.0. The third kappa shape index (κ3) is 3.35. The van der Waals surface area contributed by atoms with Crippen molar-refractivity contribution in [2.24, 2.45) is 11.7 Å². The number of rotatable bonds is 3. The summed E-state index contributed by atoms with van der Waals surface area (Å²) in [5.41, 5.74) is 6.05. The summed E-state index contributed by atoms with van der Waals surface area (Å²) in [5, 5.41) is 0. The number of nitrogens with two attached hydrogens (primary N) is 1. The number of thiophene rings is 1. The van der Waals surface area contributed by atoms with Gasteiger partial charge < -0.3 is 5.73 Å². The highest BCUT2D eigenvalue weighted by molar-refractivity contribution is 9.13. The van der Waals surface area contributed by atoms with Crippen molar-refractivity contribution in [2.45, 2.75) is 26.3 Å². The molecule has 1 aromatic heterocycles. The van der Waals surface area contributed by atoms with Gasteiger partial charge >= 0.3 is 0 Å². The number of hydrogen-bond donors (Lipinski definition) is 1. The molecule has 2 N–H and O–H groups in total. The van der Waals surface area contributed by atoms with E-state index in [9.17, 15) is 0 Å². The largest absolute Gasteiger partial charge is 0.323 e. The van der Waals surface area contributed by atoms with Crippen molar-refractivity contribution in [3.8, 4) is 0 Å². The Morgan fingerprint density at radius 2 is 2.08 bits per heavy atom. The summed E-state index contributed by atoms with van der Waals surface area (Å²) in [6, 6.07) is 2.27. The summed E-state index contributed by atoms with van der Waals surface area (Å²) in [7, 11) is 0. The Morgan fingerprint density at radius 3 is 2.46 bits per heavy atom. The van der Waals surface area contributed by atoms with Crippen LogP contribution >= 0.6 is 43.2 Å². The van der Waals surface area contributed by atoms with E-state index in [0.29, 0.717) is 5.92 Å². The highest BCUT2D eigenvalue weighted by Gasteiger charge is 2.12. The van der Waals surface area contributed by atoms with Crippen LogP contribution in [-0.4, -0.2) is 0 Å². The van der Waals surface area contributed by atoms with Crippen LogP contribution in [0.25, 0.3) is 0 Å². The molecule has 0 bridgehead atoms. The fourth-order valence-corrected chi connectivity index (χ4v) is 3.27. The van der Waals surface area contributed by atoms with Crippen LogP contribution in [0.2, 0.25) is 0 Å². The maximum Gasteiger partial charge on any atom is 0.0843 e. The lowest BCUT2D eigenvalue weighted by Crippen LogP contribution is -2.11. The van der Waals surface area contributed by atoms with Gasteiger partial charge in [0.15, 0.2) is 0 Å². The molecule has 1 aromatic rings. The second kappa shape index (κ2) is 4.91. The van der Waals surface area contributed by atoms with E-state index < -0.39 is 0 Å². The molecule has 1 nitrogen and oxygen atoms in total. The lowest BCUT2D eigenvalue weighted by Gasteiger charge is -2.11. The van der Waals surface area contributed by atoms with Crippen LogP contribution in [0, 0.1) is 5.92 Å². The minimum absolute atomic E-state index is 0.174. The molecule has 4 heteroatoms. The monoisotopic (exact) mass is 325 g/mol. The summed E-state index contributed by atoms with van der Waals surface area (Å²) < 4.78 is 2.23. The summed E-state index contributed by atoms with van der Waals surface area (Å²) in [6.07, 6.45) is 1.04. The van der Waals surface area contributed by atoms with Crippen LogP contribution in [0.15, 0.2) is 14.3 Å². The lowest BCUT2D eigenvalue weighted by molar-refractivity contribution is 0.515. The van der Waals surface area contributed by atoms with Crippen LogP contribution in [0.3, 0.4) is 0 Å². The first-order valence-corrected chi connectivity index (χ1v) is 6.61. The van der Waals surface area contributed by atoms with Crippen molar-refractivity contribution in [1.82, 2.24) is 0 Å². The molecule has 0 radical (unpaired) electrons. The maximum atomic E-state index is 6.05. The second-order valence-corrected chi connectivity index (χ2v) is 6.76. The van der Waals surface area contributed by atoms with Crippen LogP contribution in [0.4, 0.5) is 0 Å². The second-order valence-electron chi connectivity index (χ2n) is 3.51. The molecule has 0 spiro atoms. The molecule has 1 rings (SSSR count). The van der Waals surface area contributed by atoms with E-state index in [2.05, 4.69) is 51.8 Å². The highest BCUT2D eigenvalue weighted by Crippen LogP contribution is 2.36. The Hall–Kier alpha value is 0.620. The summed E-state index contributed by atoms with van der Waals surface area (Å²) >= 11 is 8.63. The number of halogens is 2. The molecule has 0 aliphatic rings. The maximum absolute atomic E-state index is 6.05. The fourth-order valence-electron chi connectivity index (χ4n) is 1.17. The molecule has 1 unspecified atom stereocenters. The molecular formula is C9H13Br2NS. The average molecular weight is 327 g/mol. The van der Waals surface area contributed by atoms with Gasteiger partial charge in [0.2, 0.25) is 0 Å². The molecule has 13 heavy (non-hydrogen) atoms. The van der Waals surface area contributed by atoms with Gasteiger partial charge in [-0.05, 0) is 50.3 Å². The van der Waals surface area contributed by atoms with Crippen molar-refractivity contribution in [1.29, 1.82) is 0 Å². The fraction of sp³-hybridized carbons (Fsp3) is 0.556. The molecule has 0 amide bonds. The topological polar surface area (TPSA) is 26.0 Å². The van der Waals surface area contributed by atoms with E-state index in [1.54, 1.807) is 11.3 Å². The Morgan fingerprint density at radius 1 is 1.46 bits per heavy atom. The minimum atomic E-state index is 0.174. The summed E-state index contributed by atoms with van der Waals surface area (Å²) in [4.78, 5) is 1.24. The van der Waals surface area contributed by atoms with Crippen molar-refractivity contribution >= 4 is 43.2 Å². The quantitative estimate of drug-likeness (QED) is 0.879. The van der Waals surface area contributed by atoms with Crippen LogP contribution in [-0.2, 0) is 0 Å². The Balaban J connectivity index is 2.71. The van der Waals surface area contributed by atoms with E-state index in [4.69, 9.17) is 5.73 Å². The van der Waals surface area contributed by atoms with E-state index in [1.165, 1.54) is 4.88 Å². The van der Waals surface area contributed by atoms with Crippen LogP contribution in [0.5, 0.6) is 0 Å². The zero-order valence-electron chi connectivity index (χ0n) is 7.68. The van der Waals surface area contributed by atoms with Crippen molar-refractivity contribution in [3.05, 3.63) is 19.2 Å². The van der Waals surface area contributed by atoms with Crippen LogP contribution < -0.4 is 5.73 Å². The molecule has 0 aromatic carbocycles. The van der Waals surface area contributed by atoms with Gasteiger partial charge in [0.1, 0.15) is 0 Å². The molecule has 1 atom stereocenters. The van der Waals surface area contributed by atoms with Gasteiger partial charge in [0, 0.05) is 15.4 Å². The van der Waals surface area contributed by atoms with Gasteiger partial charge in [0.25, 0.3) is 0 Å². The highest BCUT2D eigenvalue weighted by atomic mass is 79.9. The zero-order valence-corrected chi connectivity index (χ0v) is 11.7. The van der Waals surface area contributed by atoms with Gasteiger partial charge in [-0.15, -0.1) is 11.3 Å². The van der Waals surface area contributed by atoms with E-state index >= 15 is 0 Å². The summed E-state index contributed by atoms with van der Waals surface area (Å²) in [5.74, 6) is 0.648. The van der Waals surface area contributed by atoms with Crippen molar-refractivity contribution in [2.75, 3.05) is 0 Å². The first-order chi connectivity index (χ1) is 6.00. The molecule has 0 fully saturated rings. The standard InChI is InChI=1S/C9H13Br2NS/c1-5(2)3-7(12)8-4-6(10)9(11)13-8/h4-5,7H,3,12H2,1-2H3. The Kier molecular flexibility index (Phi) is 4.42. The van der Waals surface area contributed by atoms with E-state index in [1.807, 2.05) is 0 Å². The smallest absolute Gasteiger partial charge is 0.0843 e. The third-order valence-electron chi connectivity index (χ3n) is 1.75. The average Bonchev–Trinajstić information content (AvgIpc) is 2.31. The number of hydrogen-bond acceptors (Lipinski definition) is 2. The molecular weight excluding hydrogens is 314 g/mol. The predicted molar refractivity (Wildman–Crippen MR) is 66.1 cm³/mol. The molecule has 0 aliphatic heterocycles. The van der Waals surface area contributed by atoms with E-state index in [0.717, 1.165) is 14.7 Å². The first kappa shape index (κ1) is 11.7. The Labute approximate surface area is 100.0 Å². The first-order valence-electron chi connectivity index (χ1n) is 4.21. The van der Waals surface area contributed by atoms with Gasteiger partial charge in [-0.2, -0.15) is 0 Å². The lowest BCUT2D eigenvalue weighted by atomic mass is 10.0. The molecule has 0 saturated heterocycles. The molecule has 1 heterocycles. The van der Waals surface area contributed by atoms with Gasteiger partial charge in [-0.25, -0.2) is 0 Å². The van der Waals surface area contributed by atoms with Gasteiger partial charge in [-0.3, -0.25) is 0 Å². The SMILES string of the molecule is CC(C)CC(N)c1cc(Br)c(Br)s1. The Bertz CT molecular complexity index is 264. The van der Waals surface area contributed by atoms with Crippen molar-refractivity contribution < 1.29 is 0 Å². The molecule has 0 aliphatic carbocycles. The van der Waals surface area contributed by atoms with Crippen LogP contribution in [0.1, 0.15) is 31.2 Å². The van der Waals surface area contributed by atoms with Gasteiger partial charge in [0.05, 0.1) is 3.79 Å². The predicted octanol–water partition coefficient (Wildman–Crippen LogP) is 4.32. The summed E-state index contributed by atoms with van der Waals surface area (Å²) in [6.45, 7) is 4.38. The van der Waals surface area contributed by atoms with E-state index in [-0.39, 0.29) is 6.04 Å². The third-order valence-corrected chi connectivity index (χ3v) is 5.14. The molecule has 74 valence electrons. The minimum Gasteiger partial charge on any atom is -0.323 e.